The van der Waals surface area contributed by atoms with Crippen molar-refractivity contribution >= 4 is 11.7 Å². The summed E-state index contributed by atoms with van der Waals surface area (Å²) in [4.78, 5) is 15.8. The predicted molar refractivity (Wildman–Crippen MR) is 92.7 cm³/mol. The number of carbonyl (C=O) groups excluding carboxylic acids is 1. The molecule has 4 rings (SSSR count). The number of piperazine rings is 1. The number of carbonyl (C=O) groups is 1. The maximum atomic E-state index is 11.8. The number of nitrogens with zero attached hydrogens (tertiary/aromatic N) is 4. The summed E-state index contributed by atoms with van der Waals surface area (Å²) in [6, 6.07) is 9.69. The van der Waals surface area contributed by atoms with Crippen LogP contribution in [0.4, 0.5) is 5.82 Å². The first-order valence-electron chi connectivity index (χ1n) is 8.51. The zero-order chi connectivity index (χ0) is 17.2. The molecule has 1 saturated heterocycles. The second-order valence-electron chi connectivity index (χ2n) is 6.07. The minimum Gasteiger partial charge on any atom is -0.454 e. The van der Waals surface area contributed by atoms with E-state index < -0.39 is 0 Å². The fourth-order valence-corrected chi connectivity index (χ4v) is 3.11. The van der Waals surface area contributed by atoms with E-state index in [0.717, 1.165) is 54.8 Å². The van der Waals surface area contributed by atoms with Gasteiger partial charge < -0.3 is 19.3 Å². The standard InChI is InChI=1S/C18H20N4O3/c1-2-18(23)22-9-7-21(8-10-22)17-6-4-14(19-20-17)13-3-5-15-16(11-13)25-12-24-15/h3-6,11H,2,7-10,12H2,1H3. The molecule has 0 aliphatic carbocycles. The number of fused-ring (bicyclic) bond motifs is 1. The number of hydrogen-bond acceptors (Lipinski definition) is 6. The molecule has 7 heteroatoms. The lowest BCUT2D eigenvalue weighted by molar-refractivity contribution is -0.131. The summed E-state index contributed by atoms with van der Waals surface area (Å²) < 4.78 is 10.7. The van der Waals surface area contributed by atoms with E-state index in [9.17, 15) is 4.79 Å². The van der Waals surface area contributed by atoms with Crippen molar-refractivity contribution in [2.24, 2.45) is 0 Å². The van der Waals surface area contributed by atoms with Gasteiger partial charge in [0.05, 0.1) is 5.69 Å². The lowest BCUT2D eigenvalue weighted by Gasteiger charge is -2.35. The van der Waals surface area contributed by atoms with Crippen LogP contribution >= 0.6 is 0 Å². The van der Waals surface area contributed by atoms with Gasteiger partial charge in [-0.25, -0.2) is 0 Å². The third-order valence-corrected chi connectivity index (χ3v) is 4.58. The molecule has 0 saturated carbocycles. The highest BCUT2D eigenvalue weighted by atomic mass is 16.7. The fourth-order valence-electron chi connectivity index (χ4n) is 3.11. The molecule has 1 aromatic carbocycles. The Morgan fingerprint density at radius 3 is 2.56 bits per heavy atom. The summed E-state index contributed by atoms with van der Waals surface area (Å²) in [5.41, 5.74) is 1.74. The van der Waals surface area contributed by atoms with Crippen LogP contribution in [-0.2, 0) is 4.79 Å². The topological polar surface area (TPSA) is 67.8 Å². The number of anilines is 1. The number of benzene rings is 1. The first-order chi connectivity index (χ1) is 12.2. The van der Waals surface area contributed by atoms with Gasteiger partial charge in [0.25, 0.3) is 0 Å². The highest BCUT2D eigenvalue weighted by Gasteiger charge is 2.21. The number of hydrogen-bond donors (Lipinski definition) is 0. The zero-order valence-corrected chi connectivity index (χ0v) is 14.1. The van der Waals surface area contributed by atoms with E-state index in [2.05, 4.69) is 15.1 Å². The maximum Gasteiger partial charge on any atom is 0.231 e. The molecule has 1 aromatic heterocycles. The molecule has 1 fully saturated rings. The van der Waals surface area contributed by atoms with Crippen LogP contribution in [0, 0.1) is 0 Å². The Bertz CT molecular complexity index is 770. The molecule has 2 aliphatic rings. The molecule has 1 amide bonds. The number of aromatic nitrogens is 2. The fraction of sp³-hybridized carbons (Fsp3) is 0.389. The van der Waals surface area contributed by atoms with Gasteiger partial charge in [0, 0.05) is 38.2 Å². The van der Waals surface area contributed by atoms with Crippen molar-refractivity contribution in [2.75, 3.05) is 37.9 Å². The largest absolute Gasteiger partial charge is 0.454 e. The molecule has 25 heavy (non-hydrogen) atoms. The highest BCUT2D eigenvalue weighted by Crippen LogP contribution is 2.35. The smallest absolute Gasteiger partial charge is 0.231 e. The van der Waals surface area contributed by atoms with E-state index in [4.69, 9.17) is 9.47 Å². The molecule has 0 unspecified atom stereocenters. The van der Waals surface area contributed by atoms with Gasteiger partial charge in [-0.1, -0.05) is 6.92 Å². The zero-order valence-electron chi connectivity index (χ0n) is 14.1. The van der Waals surface area contributed by atoms with Gasteiger partial charge >= 0.3 is 0 Å². The molecule has 0 N–H and O–H groups in total. The summed E-state index contributed by atoms with van der Waals surface area (Å²) in [5.74, 6) is 2.55. The van der Waals surface area contributed by atoms with Crippen LogP contribution in [0.2, 0.25) is 0 Å². The van der Waals surface area contributed by atoms with E-state index in [-0.39, 0.29) is 12.7 Å². The molecule has 0 atom stereocenters. The first kappa shape index (κ1) is 15.7. The van der Waals surface area contributed by atoms with Crippen molar-refractivity contribution in [2.45, 2.75) is 13.3 Å². The van der Waals surface area contributed by atoms with E-state index >= 15 is 0 Å². The molecule has 0 bridgehead atoms. The molecule has 2 aromatic rings. The summed E-state index contributed by atoms with van der Waals surface area (Å²) in [6.07, 6.45) is 0.560. The second-order valence-corrected chi connectivity index (χ2v) is 6.07. The van der Waals surface area contributed by atoms with E-state index in [0.29, 0.717) is 6.42 Å². The number of ether oxygens (including phenoxy) is 2. The number of amides is 1. The summed E-state index contributed by atoms with van der Waals surface area (Å²) in [5, 5.41) is 8.71. The summed E-state index contributed by atoms with van der Waals surface area (Å²) in [6.45, 7) is 5.19. The van der Waals surface area contributed by atoms with Crippen molar-refractivity contribution in [3.05, 3.63) is 30.3 Å². The lowest BCUT2D eigenvalue weighted by Crippen LogP contribution is -2.48. The second kappa shape index (κ2) is 6.58. The first-order valence-corrected chi connectivity index (χ1v) is 8.51. The van der Waals surface area contributed by atoms with Gasteiger partial charge in [-0.15, -0.1) is 10.2 Å². The van der Waals surface area contributed by atoms with Crippen LogP contribution < -0.4 is 14.4 Å². The van der Waals surface area contributed by atoms with Crippen LogP contribution in [0.15, 0.2) is 30.3 Å². The minimum atomic E-state index is 0.212. The van der Waals surface area contributed by atoms with Crippen LogP contribution in [0.5, 0.6) is 11.5 Å². The van der Waals surface area contributed by atoms with E-state index in [1.54, 1.807) is 0 Å². The summed E-state index contributed by atoms with van der Waals surface area (Å²) in [7, 11) is 0. The monoisotopic (exact) mass is 340 g/mol. The third-order valence-electron chi connectivity index (χ3n) is 4.58. The summed E-state index contributed by atoms with van der Waals surface area (Å²) >= 11 is 0. The van der Waals surface area contributed by atoms with Gasteiger partial charge in [-0.05, 0) is 30.3 Å². The molecule has 3 heterocycles. The average Bonchev–Trinajstić information content (AvgIpc) is 3.15. The Labute approximate surface area is 146 Å². The van der Waals surface area contributed by atoms with Crippen LogP contribution in [0.1, 0.15) is 13.3 Å². The van der Waals surface area contributed by atoms with Crippen LogP contribution in [0.3, 0.4) is 0 Å². The average molecular weight is 340 g/mol. The Morgan fingerprint density at radius 1 is 1.04 bits per heavy atom. The van der Waals surface area contributed by atoms with Crippen molar-refractivity contribution in [3.8, 4) is 22.8 Å². The van der Waals surface area contributed by atoms with Crippen molar-refractivity contribution in [1.29, 1.82) is 0 Å². The highest BCUT2D eigenvalue weighted by molar-refractivity contribution is 5.76. The molecular formula is C18H20N4O3. The lowest BCUT2D eigenvalue weighted by atomic mass is 10.1. The van der Waals surface area contributed by atoms with Crippen molar-refractivity contribution in [3.63, 3.8) is 0 Å². The SMILES string of the molecule is CCC(=O)N1CCN(c2ccc(-c3ccc4c(c3)OCO4)nn2)CC1. The Hall–Kier alpha value is -2.83. The van der Waals surface area contributed by atoms with Crippen LogP contribution in [-0.4, -0.2) is 54.0 Å². The van der Waals surface area contributed by atoms with E-state index in [1.165, 1.54) is 0 Å². The molecule has 0 radical (unpaired) electrons. The van der Waals surface area contributed by atoms with Gasteiger partial charge in [0.15, 0.2) is 17.3 Å². The van der Waals surface area contributed by atoms with Crippen molar-refractivity contribution in [1.82, 2.24) is 15.1 Å². The maximum absolute atomic E-state index is 11.8. The van der Waals surface area contributed by atoms with Crippen LogP contribution in [0.25, 0.3) is 11.3 Å². The predicted octanol–water partition coefficient (Wildman–Crippen LogP) is 1.93. The minimum absolute atomic E-state index is 0.212. The third kappa shape index (κ3) is 3.09. The van der Waals surface area contributed by atoms with Crippen molar-refractivity contribution < 1.29 is 14.3 Å². The van der Waals surface area contributed by atoms with E-state index in [1.807, 2.05) is 42.2 Å². The molecule has 0 spiro atoms. The van der Waals surface area contributed by atoms with Gasteiger partial charge in [0.1, 0.15) is 0 Å². The van der Waals surface area contributed by atoms with Gasteiger partial charge in [-0.2, -0.15) is 0 Å². The normalized spacial score (nSPS) is 16.2. The molecule has 7 nitrogen and oxygen atoms in total. The quantitative estimate of drug-likeness (QED) is 0.850. The Morgan fingerprint density at radius 2 is 1.84 bits per heavy atom. The Kier molecular flexibility index (Phi) is 4.13. The number of rotatable bonds is 3. The van der Waals surface area contributed by atoms with Gasteiger partial charge in [-0.3, -0.25) is 4.79 Å². The Balaban J connectivity index is 1.45. The van der Waals surface area contributed by atoms with Gasteiger partial charge in [0.2, 0.25) is 12.7 Å². The molecule has 130 valence electrons. The molecular weight excluding hydrogens is 320 g/mol. The molecule has 2 aliphatic heterocycles.